The van der Waals surface area contributed by atoms with Gasteiger partial charge in [0.05, 0.1) is 16.5 Å². The van der Waals surface area contributed by atoms with Crippen molar-refractivity contribution in [3.05, 3.63) is 29.4 Å². The van der Waals surface area contributed by atoms with E-state index in [9.17, 15) is 13.2 Å². The van der Waals surface area contributed by atoms with Gasteiger partial charge in [-0.25, -0.2) is 13.4 Å². The molecule has 0 saturated heterocycles. The van der Waals surface area contributed by atoms with E-state index >= 15 is 0 Å². The molecule has 25 heavy (non-hydrogen) atoms. The van der Waals surface area contributed by atoms with E-state index < -0.39 is 21.5 Å². The normalized spacial score (nSPS) is 16.4. The van der Waals surface area contributed by atoms with E-state index in [1.165, 1.54) is 18.3 Å². The van der Waals surface area contributed by atoms with Crippen molar-refractivity contribution in [2.75, 3.05) is 12.3 Å². The Morgan fingerprint density at radius 2 is 2.12 bits per heavy atom. The number of sulfonamides is 1. The standard InChI is InChI=1S/C16H18ClN3O4S/c1-2-24-15(21)16(6-3-7-16)20-25(22,23)10-4-5-11-12(8-10)14(18)19-9-13(11)17/h4-5,8-9,20H,2-3,6-7H2,1H3,(H2,18,19). The van der Waals surface area contributed by atoms with E-state index in [-0.39, 0.29) is 17.3 Å². The van der Waals surface area contributed by atoms with E-state index in [1.54, 1.807) is 13.0 Å². The molecule has 0 radical (unpaired) electrons. The number of esters is 1. The minimum Gasteiger partial charge on any atom is -0.465 e. The van der Waals surface area contributed by atoms with Crippen LogP contribution >= 0.6 is 11.6 Å². The van der Waals surface area contributed by atoms with Crippen LogP contribution in [0.2, 0.25) is 5.02 Å². The van der Waals surface area contributed by atoms with Crippen LogP contribution in [0.4, 0.5) is 5.82 Å². The van der Waals surface area contributed by atoms with Crippen molar-refractivity contribution < 1.29 is 17.9 Å². The Morgan fingerprint density at radius 3 is 2.72 bits per heavy atom. The highest BCUT2D eigenvalue weighted by Crippen LogP contribution is 2.35. The highest BCUT2D eigenvalue weighted by molar-refractivity contribution is 7.89. The van der Waals surface area contributed by atoms with Gasteiger partial charge in [-0.05, 0) is 38.3 Å². The molecule has 3 rings (SSSR count). The molecule has 1 aliphatic rings. The molecule has 1 heterocycles. The van der Waals surface area contributed by atoms with E-state index in [2.05, 4.69) is 9.71 Å². The zero-order valence-corrected chi connectivity index (χ0v) is 15.2. The number of hydrogen-bond acceptors (Lipinski definition) is 6. The first-order valence-corrected chi connectivity index (χ1v) is 9.70. The Kier molecular flexibility index (Phi) is 4.61. The second-order valence-electron chi connectivity index (χ2n) is 5.96. The minimum atomic E-state index is -3.94. The maximum atomic E-state index is 12.8. The molecule has 7 nitrogen and oxygen atoms in total. The van der Waals surface area contributed by atoms with Gasteiger partial charge in [0.1, 0.15) is 11.4 Å². The molecule has 0 atom stereocenters. The van der Waals surface area contributed by atoms with Crippen LogP contribution in [0.25, 0.3) is 10.8 Å². The Balaban J connectivity index is 1.99. The first-order valence-electron chi connectivity index (χ1n) is 7.84. The smallest absolute Gasteiger partial charge is 0.327 e. The van der Waals surface area contributed by atoms with Crippen LogP contribution in [0.3, 0.4) is 0 Å². The van der Waals surface area contributed by atoms with Crippen LogP contribution in [0.5, 0.6) is 0 Å². The van der Waals surface area contributed by atoms with Crippen molar-refractivity contribution in [1.29, 1.82) is 0 Å². The third-order valence-corrected chi connectivity index (χ3v) is 6.19. The third-order valence-electron chi connectivity index (χ3n) is 4.35. The van der Waals surface area contributed by atoms with Crippen LogP contribution < -0.4 is 10.5 Å². The Hall–Kier alpha value is -1.90. The predicted molar refractivity (Wildman–Crippen MR) is 94.7 cm³/mol. The summed E-state index contributed by atoms with van der Waals surface area (Å²) in [6.45, 7) is 1.88. The number of benzene rings is 1. The van der Waals surface area contributed by atoms with Crippen LogP contribution in [-0.4, -0.2) is 31.5 Å². The van der Waals surface area contributed by atoms with Crippen LogP contribution in [-0.2, 0) is 19.6 Å². The molecule has 1 saturated carbocycles. The molecule has 1 aromatic heterocycles. The van der Waals surface area contributed by atoms with Crippen molar-refractivity contribution in [2.24, 2.45) is 0 Å². The number of anilines is 1. The molecule has 0 aliphatic heterocycles. The summed E-state index contributed by atoms with van der Waals surface area (Å²) in [5, 5.41) is 1.43. The summed E-state index contributed by atoms with van der Waals surface area (Å²) in [6.07, 6.45) is 2.99. The average Bonchev–Trinajstić information content (AvgIpc) is 2.54. The molecule has 2 aromatic rings. The summed E-state index contributed by atoms with van der Waals surface area (Å²) in [6, 6.07) is 4.40. The fourth-order valence-corrected chi connectivity index (χ4v) is 4.49. The van der Waals surface area contributed by atoms with Gasteiger partial charge in [0.15, 0.2) is 0 Å². The van der Waals surface area contributed by atoms with Gasteiger partial charge in [-0.2, -0.15) is 4.72 Å². The highest BCUT2D eigenvalue weighted by atomic mass is 35.5. The summed E-state index contributed by atoms with van der Waals surface area (Å²) in [5.74, 6) is -0.366. The fraction of sp³-hybridized carbons (Fsp3) is 0.375. The second-order valence-corrected chi connectivity index (χ2v) is 8.05. The SMILES string of the molecule is CCOC(=O)C1(NS(=O)(=O)c2ccc3c(Cl)cnc(N)c3c2)CCC1. The van der Waals surface area contributed by atoms with Crippen LogP contribution in [0.15, 0.2) is 29.3 Å². The van der Waals surface area contributed by atoms with Gasteiger partial charge in [-0.3, -0.25) is 4.79 Å². The lowest BCUT2D eigenvalue weighted by atomic mass is 9.78. The Labute approximate surface area is 150 Å². The topological polar surface area (TPSA) is 111 Å². The molecule has 1 aliphatic carbocycles. The zero-order chi connectivity index (χ0) is 18.2. The molecule has 0 bridgehead atoms. The van der Waals surface area contributed by atoms with Crippen molar-refractivity contribution in [2.45, 2.75) is 36.6 Å². The molecule has 1 fully saturated rings. The first kappa shape index (κ1) is 17.9. The van der Waals surface area contributed by atoms with Gasteiger partial charge < -0.3 is 10.5 Å². The number of nitrogens with zero attached hydrogens (tertiary/aromatic N) is 1. The number of carbonyl (C=O) groups is 1. The summed E-state index contributed by atoms with van der Waals surface area (Å²) in [5.41, 5.74) is 4.64. The largest absolute Gasteiger partial charge is 0.465 e. The highest BCUT2D eigenvalue weighted by Gasteiger charge is 2.48. The number of ether oxygens (including phenoxy) is 1. The molecular formula is C16H18ClN3O4S. The molecule has 134 valence electrons. The molecule has 9 heteroatoms. The van der Waals surface area contributed by atoms with E-state index in [0.717, 1.165) is 6.42 Å². The Bertz CT molecular complexity index is 942. The number of halogens is 1. The molecule has 3 N–H and O–H groups in total. The van der Waals surface area contributed by atoms with Gasteiger partial charge in [0, 0.05) is 17.0 Å². The fourth-order valence-electron chi connectivity index (χ4n) is 2.84. The van der Waals surface area contributed by atoms with Crippen molar-refractivity contribution in [3.63, 3.8) is 0 Å². The number of rotatable bonds is 5. The molecule has 0 amide bonds. The van der Waals surface area contributed by atoms with Gasteiger partial charge in [-0.15, -0.1) is 0 Å². The third kappa shape index (κ3) is 3.17. The molecule has 1 aromatic carbocycles. The van der Waals surface area contributed by atoms with Gasteiger partial charge in [0.2, 0.25) is 10.0 Å². The van der Waals surface area contributed by atoms with Gasteiger partial charge >= 0.3 is 5.97 Å². The summed E-state index contributed by atoms with van der Waals surface area (Å²) < 4.78 is 33.1. The lowest BCUT2D eigenvalue weighted by molar-refractivity contribution is -0.154. The summed E-state index contributed by atoms with van der Waals surface area (Å²) >= 11 is 6.07. The summed E-state index contributed by atoms with van der Waals surface area (Å²) in [7, 11) is -3.94. The molecule has 0 unspecified atom stereocenters. The zero-order valence-electron chi connectivity index (χ0n) is 13.6. The number of fused-ring (bicyclic) bond motifs is 1. The number of aromatic nitrogens is 1. The quantitative estimate of drug-likeness (QED) is 0.766. The molecular weight excluding hydrogens is 366 g/mol. The summed E-state index contributed by atoms with van der Waals surface area (Å²) in [4.78, 5) is 16.1. The number of carbonyl (C=O) groups excluding carboxylic acids is 1. The van der Waals surface area contributed by atoms with Crippen molar-refractivity contribution in [1.82, 2.24) is 9.71 Å². The number of nitrogens with two attached hydrogens (primary N) is 1. The minimum absolute atomic E-state index is 0.00802. The number of nitrogens with one attached hydrogen (secondary N) is 1. The van der Waals surface area contributed by atoms with Gasteiger partial charge in [-0.1, -0.05) is 17.7 Å². The lowest BCUT2D eigenvalue weighted by Crippen LogP contribution is -2.59. The van der Waals surface area contributed by atoms with Gasteiger partial charge in [0.25, 0.3) is 0 Å². The second kappa shape index (κ2) is 6.44. The predicted octanol–water partition coefficient (Wildman–Crippen LogP) is 2.23. The van der Waals surface area contributed by atoms with Crippen molar-refractivity contribution >= 4 is 44.2 Å². The maximum absolute atomic E-state index is 12.8. The lowest BCUT2D eigenvalue weighted by Gasteiger charge is -2.39. The first-order chi connectivity index (χ1) is 11.8. The van der Waals surface area contributed by atoms with E-state index in [0.29, 0.717) is 28.6 Å². The molecule has 0 spiro atoms. The van der Waals surface area contributed by atoms with Crippen LogP contribution in [0, 0.1) is 0 Å². The maximum Gasteiger partial charge on any atom is 0.327 e. The Morgan fingerprint density at radius 1 is 1.40 bits per heavy atom. The monoisotopic (exact) mass is 383 g/mol. The average molecular weight is 384 g/mol. The number of pyridine rings is 1. The number of nitrogen functional groups attached to an aromatic ring is 1. The van der Waals surface area contributed by atoms with E-state index in [4.69, 9.17) is 22.1 Å². The van der Waals surface area contributed by atoms with Crippen LogP contribution in [0.1, 0.15) is 26.2 Å². The number of hydrogen-bond donors (Lipinski definition) is 2. The van der Waals surface area contributed by atoms with Crippen molar-refractivity contribution in [3.8, 4) is 0 Å². The van der Waals surface area contributed by atoms with E-state index in [1.807, 2.05) is 0 Å².